The smallest absolute Gasteiger partial charge is 0.292 e. The van der Waals surface area contributed by atoms with Crippen LogP contribution < -0.4 is 10.6 Å². The molecule has 2 aromatic rings. The number of nitro benzene ring substituents is 1. The molecule has 0 heterocycles. The Labute approximate surface area is 132 Å². The standard InChI is InChI=1S/C16H16FN3O3/c1-11-6-7-12(17)10-13(11)16(21)19-9-8-18-14-4-2-3-5-15(14)20(22)23/h2-7,10,18H,8-9H2,1H3,(H,19,21). The maximum atomic E-state index is 13.2. The minimum Gasteiger partial charge on any atom is -0.378 e. The summed E-state index contributed by atoms with van der Waals surface area (Å²) < 4.78 is 13.2. The Morgan fingerprint density at radius 2 is 1.96 bits per heavy atom. The molecular weight excluding hydrogens is 301 g/mol. The van der Waals surface area contributed by atoms with Crippen LogP contribution in [0.4, 0.5) is 15.8 Å². The molecule has 0 radical (unpaired) electrons. The molecular formula is C16H16FN3O3. The van der Waals surface area contributed by atoms with Crippen molar-refractivity contribution in [2.75, 3.05) is 18.4 Å². The van der Waals surface area contributed by atoms with Crippen molar-refractivity contribution in [3.8, 4) is 0 Å². The number of nitrogens with zero attached hydrogens (tertiary/aromatic N) is 1. The first kappa shape index (κ1) is 16.4. The summed E-state index contributed by atoms with van der Waals surface area (Å²) in [6.07, 6.45) is 0. The van der Waals surface area contributed by atoms with E-state index < -0.39 is 10.7 Å². The predicted octanol–water partition coefficient (Wildman–Crippen LogP) is 2.88. The van der Waals surface area contributed by atoms with E-state index in [2.05, 4.69) is 10.6 Å². The predicted molar refractivity (Wildman–Crippen MR) is 85.1 cm³/mol. The Bertz CT molecular complexity index is 734. The molecule has 0 fully saturated rings. The maximum absolute atomic E-state index is 13.2. The zero-order valence-electron chi connectivity index (χ0n) is 12.5. The van der Waals surface area contributed by atoms with Gasteiger partial charge in [-0.05, 0) is 30.7 Å². The fourth-order valence-corrected chi connectivity index (χ4v) is 2.09. The van der Waals surface area contributed by atoms with Gasteiger partial charge >= 0.3 is 0 Å². The summed E-state index contributed by atoms with van der Waals surface area (Å²) in [6, 6.07) is 10.3. The van der Waals surface area contributed by atoms with E-state index in [1.165, 1.54) is 24.3 Å². The zero-order valence-corrected chi connectivity index (χ0v) is 12.5. The van der Waals surface area contributed by atoms with Gasteiger partial charge in [0.1, 0.15) is 11.5 Å². The average molecular weight is 317 g/mol. The van der Waals surface area contributed by atoms with Crippen LogP contribution >= 0.6 is 0 Å². The van der Waals surface area contributed by atoms with Gasteiger partial charge in [-0.1, -0.05) is 18.2 Å². The number of carbonyl (C=O) groups is 1. The van der Waals surface area contributed by atoms with Gasteiger partial charge in [0.05, 0.1) is 4.92 Å². The van der Waals surface area contributed by atoms with Gasteiger partial charge in [-0.3, -0.25) is 14.9 Å². The second-order valence-corrected chi connectivity index (χ2v) is 4.92. The van der Waals surface area contributed by atoms with Gasteiger partial charge in [0.15, 0.2) is 0 Å². The topological polar surface area (TPSA) is 84.3 Å². The van der Waals surface area contributed by atoms with Crippen molar-refractivity contribution >= 4 is 17.3 Å². The summed E-state index contributed by atoms with van der Waals surface area (Å²) in [5, 5.41) is 16.4. The van der Waals surface area contributed by atoms with Gasteiger partial charge in [0.2, 0.25) is 0 Å². The lowest BCUT2D eigenvalue weighted by Gasteiger charge is -2.09. The highest BCUT2D eigenvalue weighted by atomic mass is 19.1. The van der Waals surface area contributed by atoms with Crippen LogP contribution in [0.2, 0.25) is 0 Å². The molecule has 1 amide bonds. The number of halogens is 1. The minimum absolute atomic E-state index is 0.0280. The molecule has 0 aliphatic rings. The SMILES string of the molecule is Cc1ccc(F)cc1C(=O)NCCNc1ccccc1[N+](=O)[O-]. The molecule has 120 valence electrons. The van der Waals surface area contributed by atoms with Crippen molar-refractivity contribution in [2.24, 2.45) is 0 Å². The molecule has 0 spiro atoms. The van der Waals surface area contributed by atoms with E-state index in [0.29, 0.717) is 17.8 Å². The van der Waals surface area contributed by atoms with E-state index in [1.54, 1.807) is 25.1 Å². The molecule has 6 nitrogen and oxygen atoms in total. The largest absolute Gasteiger partial charge is 0.378 e. The first-order valence-corrected chi connectivity index (χ1v) is 7.00. The first-order valence-electron chi connectivity index (χ1n) is 7.00. The van der Waals surface area contributed by atoms with Crippen molar-refractivity contribution in [3.63, 3.8) is 0 Å². The number of anilines is 1. The van der Waals surface area contributed by atoms with Gasteiger partial charge in [-0.25, -0.2) is 4.39 Å². The van der Waals surface area contributed by atoms with Crippen LogP contribution in [-0.4, -0.2) is 23.9 Å². The fraction of sp³-hybridized carbons (Fsp3) is 0.188. The molecule has 0 saturated heterocycles. The molecule has 2 rings (SSSR count). The van der Waals surface area contributed by atoms with Crippen LogP contribution in [0.3, 0.4) is 0 Å². The minimum atomic E-state index is -0.475. The van der Waals surface area contributed by atoms with Gasteiger partial charge in [-0.2, -0.15) is 0 Å². The fourth-order valence-electron chi connectivity index (χ4n) is 2.09. The lowest BCUT2D eigenvalue weighted by molar-refractivity contribution is -0.384. The normalized spacial score (nSPS) is 10.2. The van der Waals surface area contributed by atoms with E-state index >= 15 is 0 Å². The molecule has 0 unspecified atom stereocenters. The Hall–Kier alpha value is -2.96. The molecule has 2 aromatic carbocycles. The van der Waals surface area contributed by atoms with Crippen LogP contribution in [0.1, 0.15) is 15.9 Å². The molecule has 0 aliphatic carbocycles. The van der Waals surface area contributed by atoms with Crippen molar-refractivity contribution < 1.29 is 14.1 Å². The number of amides is 1. The summed E-state index contributed by atoms with van der Waals surface area (Å²) in [7, 11) is 0. The molecule has 0 saturated carbocycles. The second kappa shape index (κ2) is 7.35. The number of hydrogen-bond acceptors (Lipinski definition) is 4. The lowest BCUT2D eigenvalue weighted by Crippen LogP contribution is -2.29. The van der Waals surface area contributed by atoms with Crippen molar-refractivity contribution in [1.29, 1.82) is 0 Å². The summed E-state index contributed by atoms with van der Waals surface area (Å²) in [6.45, 7) is 2.28. The van der Waals surface area contributed by atoms with Crippen molar-refractivity contribution in [3.05, 3.63) is 69.5 Å². The Balaban J connectivity index is 1.90. The number of para-hydroxylation sites is 2. The monoisotopic (exact) mass is 317 g/mol. The van der Waals surface area contributed by atoms with Crippen LogP contribution in [0.25, 0.3) is 0 Å². The van der Waals surface area contributed by atoms with E-state index in [4.69, 9.17) is 0 Å². The van der Waals surface area contributed by atoms with E-state index in [-0.39, 0.29) is 23.7 Å². The molecule has 0 aromatic heterocycles. The summed E-state index contributed by atoms with van der Waals surface area (Å²) >= 11 is 0. The zero-order chi connectivity index (χ0) is 16.8. The highest BCUT2D eigenvalue weighted by molar-refractivity contribution is 5.95. The number of hydrogen-bond donors (Lipinski definition) is 2. The van der Waals surface area contributed by atoms with Gasteiger partial charge in [0, 0.05) is 24.7 Å². The van der Waals surface area contributed by atoms with E-state index in [0.717, 1.165) is 0 Å². The van der Waals surface area contributed by atoms with Crippen molar-refractivity contribution in [1.82, 2.24) is 5.32 Å². The molecule has 7 heteroatoms. The number of rotatable bonds is 6. The third-order valence-corrected chi connectivity index (χ3v) is 3.27. The summed E-state index contributed by atoms with van der Waals surface area (Å²) in [5.74, 6) is -0.856. The first-order chi connectivity index (χ1) is 11.0. The third-order valence-electron chi connectivity index (χ3n) is 3.27. The average Bonchev–Trinajstić information content (AvgIpc) is 2.53. The highest BCUT2D eigenvalue weighted by Gasteiger charge is 2.12. The van der Waals surface area contributed by atoms with Crippen molar-refractivity contribution in [2.45, 2.75) is 6.92 Å². The Kier molecular flexibility index (Phi) is 5.24. The van der Waals surface area contributed by atoms with Gasteiger partial charge < -0.3 is 10.6 Å². The van der Waals surface area contributed by atoms with Gasteiger partial charge in [-0.15, -0.1) is 0 Å². The number of nitrogens with one attached hydrogen (secondary N) is 2. The van der Waals surface area contributed by atoms with E-state index in [1.807, 2.05) is 0 Å². The maximum Gasteiger partial charge on any atom is 0.292 e. The summed E-state index contributed by atoms with van der Waals surface area (Å²) in [4.78, 5) is 22.4. The number of carbonyl (C=O) groups excluding carboxylic acids is 1. The molecule has 0 aliphatic heterocycles. The third kappa shape index (κ3) is 4.26. The number of benzene rings is 2. The van der Waals surface area contributed by atoms with E-state index in [9.17, 15) is 19.3 Å². The summed E-state index contributed by atoms with van der Waals surface area (Å²) in [5.41, 5.74) is 1.31. The number of aryl methyl sites for hydroxylation is 1. The van der Waals surface area contributed by atoms with Crippen LogP contribution in [-0.2, 0) is 0 Å². The lowest BCUT2D eigenvalue weighted by atomic mass is 10.1. The Morgan fingerprint density at radius 1 is 1.22 bits per heavy atom. The molecule has 0 atom stereocenters. The second-order valence-electron chi connectivity index (χ2n) is 4.92. The Morgan fingerprint density at radius 3 is 2.70 bits per heavy atom. The van der Waals surface area contributed by atoms with Gasteiger partial charge in [0.25, 0.3) is 11.6 Å². The van der Waals surface area contributed by atoms with Crippen LogP contribution in [0, 0.1) is 22.9 Å². The van der Waals surface area contributed by atoms with Crippen LogP contribution in [0.15, 0.2) is 42.5 Å². The molecule has 0 bridgehead atoms. The molecule has 2 N–H and O–H groups in total. The molecule has 23 heavy (non-hydrogen) atoms. The highest BCUT2D eigenvalue weighted by Crippen LogP contribution is 2.22. The quantitative estimate of drug-likeness (QED) is 0.487. The van der Waals surface area contributed by atoms with Crippen LogP contribution in [0.5, 0.6) is 0 Å². The number of nitro groups is 1.